The van der Waals surface area contributed by atoms with Gasteiger partial charge < -0.3 is 10.2 Å². The van der Waals surface area contributed by atoms with E-state index in [0.717, 1.165) is 49.6 Å². The minimum Gasteiger partial charge on any atom is -0.371 e. The van der Waals surface area contributed by atoms with Gasteiger partial charge in [-0.05, 0) is 54.8 Å². The van der Waals surface area contributed by atoms with Gasteiger partial charge in [-0.2, -0.15) is 13.2 Å². The summed E-state index contributed by atoms with van der Waals surface area (Å²) >= 11 is 0. The number of rotatable bonds is 2. The molecule has 0 spiro atoms. The maximum Gasteiger partial charge on any atom is 0.433 e. The van der Waals surface area contributed by atoms with Gasteiger partial charge in [0.15, 0.2) is 0 Å². The van der Waals surface area contributed by atoms with Crippen molar-refractivity contribution in [2.75, 3.05) is 25.0 Å². The van der Waals surface area contributed by atoms with Crippen molar-refractivity contribution in [3.05, 3.63) is 76.5 Å². The first-order valence-electron chi connectivity index (χ1n) is 10.7. The van der Waals surface area contributed by atoms with Crippen LogP contribution >= 0.6 is 0 Å². The van der Waals surface area contributed by atoms with Crippen LogP contribution in [0.2, 0.25) is 0 Å². The third-order valence-electron chi connectivity index (χ3n) is 6.56. The Bertz CT molecular complexity index is 1200. The van der Waals surface area contributed by atoms with E-state index in [-0.39, 0.29) is 5.56 Å². The fraction of sp³-hybridized carbons (Fsp3) is 0.333. The number of nitrogens with one attached hydrogen (secondary N) is 1. The Kier molecular flexibility index (Phi) is 5.04. The lowest BCUT2D eigenvalue weighted by molar-refractivity contribution is -0.141. The predicted octanol–water partition coefficient (Wildman–Crippen LogP) is 4.20. The molecule has 0 radical (unpaired) electrons. The zero-order valence-electron chi connectivity index (χ0n) is 17.6. The first kappa shape index (κ1) is 20.8. The van der Waals surface area contributed by atoms with Crippen LogP contribution in [0, 0.1) is 0 Å². The molecule has 1 aromatic carbocycles. The second-order valence-corrected chi connectivity index (χ2v) is 8.43. The van der Waals surface area contributed by atoms with Crippen LogP contribution in [0.4, 0.5) is 18.9 Å². The van der Waals surface area contributed by atoms with Gasteiger partial charge in [0.25, 0.3) is 5.56 Å². The van der Waals surface area contributed by atoms with Gasteiger partial charge in [0.2, 0.25) is 0 Å². The Morgan fingerprint density at radius 2 is 1.94 bits per heavy atom. The number of alkyl halides is 3. The quantitative estimate of drug-likeness (QED) is 0.649. The number of benzene rings is 1. The van der Waals surface area contributed by atoms with E-state index in [1.807, 2.05) is 12.1 Å². The molecule has 0 saturated carbocycles. The van der Waals surface area contributed by atoms with Gasteiger partial charge >= 0.3 is 6.18 Å². The van der Waals surface area contributed by atoms with Gasteiger partial charge in [0.05, 0.1) is 5.69 Å². The van der Waals surface area contributed by atoms with E-state index in [2.05, 4.69) is 28.3 Å². The van der Waals surface area contributed by atoms with Crippen molar-refractivity contribution in [1.29, 1.82) is 0 Å². The summed E-state index contributed by atoms with van der Waals surface area (Å²) in [6.07, 6.45) is 0.589. The molecule has 1 saturated heterocycles. The second kappa shape index (κ2) is 7.78. The number of likely N-dealkylation sites (N-methyl/N-ethyl adjacent to an activating group) is 1. The summed E-state index contributed by atoms with van der Waals surface area (Å²) in [5, 5.41) is 3.52. The van der Waals surface area contributed by atoms with Crippen molar-refractivity contribution >= 4 is 5.69 Å². The molecule has 5 rings (SSSR count). The molecule has 0 amide bonds. The molecule has 0 aliphatic carbocycles. The number of anilines is 1. The number of nitrogens with zero attached hydrogens (tertiary/aromatic N) is 3. The van der Waals surface area contributed by atoms with Crippen molar-refractivity contribution in [3.8, 4) is 16.8 Å². The van der Waals surface area contributed by atoms with Crippen molar-refractivity contribution in [1.82, 2.24) is 14.9 Å². The highest BCUT2D eigenvalue weighted by molar-refractivity contribution is 5.66. The van der Waals surface area contributed by atoms with Gasteiger partial charge in [-0.15, -0.1) is 0 Å². The van der Waals surface area contributed by atoms with Gasteiger partial charge in [-0.25, -0.2) is 0 Å². The molecule has 32 heavy (non-hydrogen) atoms. The maximum atomic E-state index is 12.9. The number of pyridine rings is 2. The topological polar surface area (TPSA) is 50.2 Å². The first-order valence-corrected chi connectivity index (χ1v) is 10.7. The molecule has 8 heteroatoms. The molecule has 3 aromatic rings. The maximum absolute atomic E-state index is 12.9. The summed E-state index contributed by atoms with van der Waals surface area (Å²) in [5.41, 5.74) is 2.99. The van der Waals surface area contributed by atoms with Crippen LogP contribution in [0.3, 0.4) is 0 Å². The first-order chi connectivity index (χ1) is 15.3. The van der Waals surface area contributed by atoms with Crippen molar-refractivity contribution in [2.24, 2.45) is 0 Å². The monoisotopic (exact) mass is 440 g/mol. The molecule has 0 bridgehead atoms. The van der Waals surface area contributed by atoms with Crippen LogP contribution < -0.4 is 15.8 Å². The van der Waals surface area contributed by atoms with E-state index in [1.54, 1.807) is 16.8 Å². The lowest BCUT2D eigenvalue weighted by Gasteiger charge is -2.25. The van der Waals surface area contributed by atoms with Crippen molar-refractivity contribution in [3.63, 3.8) is 0 Å². The lowest BCUT2D eigenvalue weighted by Crippen LogP contribution is -2.32. The molecule has 2 aliphatic heterocycles. The van der Waals surface area contributed by atoms with Gasteiger partial charge in [-0.1, -0.05) is 12.1 Å². The molecule has 2 aromatic heterocycles. The normalized spacial score (nSPS) is 20.6. The minimum atomic E-state index is -4.49. The van der Waals surface area contributed by atoms with Crippen molar-refractivity contribution < 1.29 is 13.2 Å². The van der Waals surface area contributed by atoms with Gasteiger partial charge in [-0.3, -0.25) is 14.3 Å². The largest absolute Gasteiger partial charge is 0.433 e. The predicted molar refractivity (Wildman–Crippen MR) is 117 cm³/mol. The van der Waals surface area contributed by atoms with E-state index in [9.17, 15) is 18.0 Å². The Hall–Kier alpha value is -3.13. The van der Waals surface area contributed by atoms with E-state index < -0.39 is 11.9 Å². The standard InChI is InChI=1S/C24H23F3N4O/c1-30-20-3-2-9-28-14-19(20)18-6-5-17(12-21(18)30)31-10-8-15(11-23(31)32)16-4-7-22(29-13-16)24(25,26)27/h4-8,10-13,19-20,28H,2-3,9,14H2,1H3. The molecule has 5 nitrogen and oxygen atoms in total. The molecule has 1 N–H and O–H groups in total. The zero-order valence-corrected chi connectivity index (χ0v) is 17.6. The van der Waals surface area contributed by atoms with Crippen molar-refractivity contribution in [2.45, 2.75) is 31.0 Å². The average molecular weight is 440 g/mol. The van der Waals surface area contributed by atoms with E-state index in [4.69, 9.17) is 0 Å². The molecule has 2 unspecified atom stereocenters. The highest BCUT2D eigenvalue weighted by Crippen LogP contribution is 2.43. The highest BCUT2D eigenvalue weighted by Gasteiger charge is 2.37. The fourth-order valence-electron chi connectivity index (χ4n) is 4.90. The summed E-state index contributed by atoms with van der Waals surface area (Å²) in [4.78, 5) is 18.7. The Morgan fingerprint density at radius 3 is 2.66 bits per heavy atom. The summed E-state index contributed by atoms with van der Waals surface area (Å²) in [6.45, 7) is 2.00. The molecule has 4 heterocycles. The molecule has 2 aliphatic rings. The van der Waals surface area contributed by atoms with E-state index in [0.29, 0.717) is 23.1 Å². The van der Waals surface area contributed by atoms with Crippen LogP contribution in [-0.2, 0) is 6.18 Å². The SMILES string of the molecule is CN1c2cc(-n3ccc(-c4ccc(C(F)(F)F)nc4)cc3=O)ccc2C2CNCCCC21. The molecular weight excluding hydrogens is 417 g/mol. The molecule has 166 valence electrons. The van der Waals surface area contributed by atoms with Gasteiger partial charge in [0.1, 0.15) is 5.69 Å². The number of hydrogen-bond acceptors (Lipinski definition) is 4. The third-order valence-corrected chi connectivity index (χ3v) is 6.56. The molecule has 1 fully saturated rings. The smallest absolute Gasteiger partial charge is 0.371 e. The minimum absolute atomic E-state index is 0.251. The fourth-order valence-corrected chi connectivity index (χ4v) is 4.90. The third kappa shape index (κ3) is 3.58. The zero-order chi connectivity index (χ0) is 22.5. The van der Waals surface area contributed by atoms with Gasteiger partial charge in [0, 0.05) is 55.3 Å². The summed E-state index contributed by atoms with van der Waals surface area (Å²) < 4.78 is 39.8. The summed E-state index contributed by atoms with van der Waals surface area (Å²) in [6, 6.07) is 12.0. The summed E-state index contributed by atoms with van der Waals surface area (Å²) in [7, 11) is 2.11. The summed E-state index contributed by atoms with van der Waals surface area (Å²) in [5.74, 6) is 0.442. The average Bonchev–Trinajstić information content (AvgIpc) is 2.93. The van der Waals surface area contributed by atoms with Crippen LogP contribution in [0.25, 0.3) is 16.8 Å². The Morgan fingerprint density at radius 1 is 1.09 bits per heavy atom. The second-order valence-electron chi connectivity index (χ2n) is 8.43. The van der Waals surface area contributed by atoms with Crippen LogP contribution in [0.5, 0.6) is 0 Å². The highest BCUT2D eigenvalue weighted by atomic mass is 19.4. The Balaban J connectivity index is 1.46. The Labute approximate surface area is 183 Å². The van der Waals surface area contributed by atoms with Crippen LogP contribution in [0.1, 0.15) is 30.0 Å². The lowest BCUT2D eigenvalue weighted by atomic mass is 9.93. The molecule has 2 atom stereocenters. The number of hydrogen-bond donors (Lipinski definition) is 1. The van der Waals surface area contributed by atoms with Crippen LogP contribution in [0.15, 0.2) is 59.7 Å². The van der Waals surface area contributed by atoms with E-state index >= 15 is 0 Å². The van der Waals surface area contributed by atoms with E-state index in [1.165, 1.54) is 17.7 Å². The number of aromatic nitrogens is 2. The number of fused-ring (bicyclic) bond motifs is 3. The number of halogens is 3. The molecular formula is C24H23F3N4O. The van der Waals surface area contributed by atoms with Crippen LogP contribution in [-0.4, -0.2) is 35.7 Å².